The molecule has 0 radical (unpaired) electrons. The fraction of sp³-hybridized carbons (Fsp3) is 0.200. The molecule has 3 nitrogen and oxygen atoms in total. The van der Waals surface area contributed by atoms with Crippen LogP contribution in [0, 0.1) is 0 Å². The van der Waals surface area contributed by atoms with Gasteiger partial charge in [0.15, 0.2) is 0 Å². The second-order valence-electron chi connectivity index (χ2n) is 4.16. The first kappa shape index (κ1) is 13.9. The number of benzene rings is 2. The Morgan fingerprint density at radius 3 is 2.53 bits per heavy atom. The van der Waals surface area contributed by atoms with Crippen LogP contribution in [-0.4, -0.2) is 7.11 Å². The van der Waals surface area contributed by atoms with Crippen LogP contribution in [0.5, 0.6) is 5.75 Å². The summed E-state index contributed by atoms with van der Waals surface area (Å²) < 4.78 is 12.1. The Bertz CT molecular complexity index is 558. The zero-order chi connectivity index (χ0) is 13.7. The maximum absolute atomic E-state index is 5.77. The average molecular weight is 322 g/mol. The summed E-state index contributed by atoms with van der Waals surface area (Å²) in [6.07, 6.45) is 0. The molecule has 0 aliphatic rings. The van der Waals surface area contributed by atoms with Gasteiger partial charge in [-0.25, -0.2) is 0 Å². The van der Waals surface area contributed by atoms with Gasteiger partial charge in [-0.15, -0.1) is 0 Å². The van der Waals surface area contributed by atoms with Crippen LogP contribution in [-0.2, 0) is 18.0 Å². The van der Waals surface area contributed by atoms with E-state index in [1.807, 2.05) is 42.5 Å². The summed E-state index contributed by atoms with van der Waals surface area (Å²) in [5.74, 6) is 0.793. The fourth-order valence-electron chi connectivity index (χ4n) is 1.80. The molecule has 0 bridgehead atoms. The molecule has 2 rings (SSSR count). The van der Waals surface area contributed by atoms with Crippen molar-refractivity contribution in [2.45, 2.75) is 13.2 Å². The lowest BCUT2D eigenvalue weighted by Crippen LogP contribution is -1.99. The number of nitrogens with two attached hydrogens (primary N) is 1. The van der Waals surface area contributed by atoms with Crippen LogP contribution in [0.4, 0.5) is 5.69 Å². The van der Waals surface area contributed by atoms with Crippen LogP contribution in [0.15, 0.2) is 46.9 Å². The number of anilines is 1. The van der Waals surface area contributed by atoms with E-state index in [0.717, 1.165) is 21.3 Å². The van der Waals surface area contributed by atoms with Crippen molar-refractivity contribution in [2.75, 3.05) is 12.8 Å². The van der Waals surface area contributed by atoms with Gasteiger partial charge in [-0.2, -0.15) is 0 Å². The first-order valence-corrected chi connectivity index (χ1v) is 6.73. The molecule has 0 saturated carbocycles. The molecule has 4 heteroatoms. The van der Waals surface area contributed by atoms with Crippen LogP contribution in [0.2, 0.25) is 0 Å². The first-order chi connectivity index (χ1) is 9.20. The molecule has 0 atom stereocenters. The summed E-state index contributed by atoms with van der Waals surface area (Å²) in [5, 5.41) is 0. The number of ether oxygens (including phenoxy) is 2. The van der Waals surface area contributed by atoms with Gasteiger partial charge >= 0.3 is 0 Å². The quantitative estimate of drug-likeness (QED) is 0.853. The van der Waals surface area contributed by atoms with Gasteiger partial charge in [0.05, 0.1) is 20.3 Å². The van der Waals surface area contributed by atoms with Crippen molar-refractivity contribution in [1.29, 1.82) is 0 Å². The van der Waals surface area contributed by atoms with Gasteiger partial charge in [0.1, 0.15) is 5.75 Å². The lowest BCUT2D eigenvalue weighted by molar-refractivity contribution is 0.105. The minimum atomic E-state index is 0.468. The Hall–Kier alpha value is -1.52. The molecule has 19 heavy (non-hydrogen) atoms. The Morgan fingerprint density at radius 2 is 1.79 bits per heavy atom. The van der Waals surface area contributed by atoms with Gasteiger partial charge in [-0.05, 0) is 29.8 Å². The molecule has 0 amide bonds. The van der Waals surface area contributed by atoms with Crippen molar-refractivity contribution in [3.63, 3.8) is 0 Å². The van der Waals surface area contributed by atoms with Gasteiger partial charge in [-0.3, -0.25) is 0 Å². The van der Waals surface area contributed by atoms with Crippen molar-refractivity contribution in [2.24, 2.45) is 0 Å². The lowest BCUT2D eigenvalue weighted by atomic mass is 10.2. The van der Waals surface area contributed by atoms with E-state index in [1.54, 1.807) is 7.11 Å². The Kier molecular flexibility index (Phi) is 4.82. The molecule has 0 aliphatic heterocycles. The first-order valence-electron chi connectivity index (χ1n) is 5.94. The predicted molar refractivity (Wildman–Crippen MR) is 80.0 cm³/mol. The molecule has 0 saturated heterocycles. The van der Waals surface area contributed by atoms with Gasteiger partial charge in [0.2, 0.25) is 0 Å². The summed E-state index contributed by atoms with van der Waals surface area (Å²) in [5.41, 5.74) is 8.55. The Labute approximate surface area is 121 Å². The number of rotatable bonds is 5. The zero-order valence-corrected chi connectivity index (χ0v) is 12.3. The molecule has 2 aromatic rings. The molecule has 0 unspecified atom stereocenters. The summed E-state index contributed by atoms with van der Waals surface area (Å²) in [7, 11) is 1.64. The number of halogens is 1. The topological polar surface area (TPSA) is 44.5 Å². The minimum absolute atomic E-state index is 0.468. The predicted octanol–water partition coefficient (Wildman–Crippen LogP) is 3.76. The largest absolute Gasteiger partial charge is 0.496 e. The van der Waals surface area contributed by atoms with Crippen LogP contribution >= 0.6 is 15.9 Å². The maximum atomic E-state index is 5.77. The highest BCUT2D eigenvalue weighted by molar-refractivity contribution is 9.10. The second-order valence-corrected chi connectivity index (χ2v) is 5.01. The van der Waals surface area contributed by atoms with Crippen LogP contribution in [0.3, 0.4) is 0 Å². The lowest BCUT2D eigenvalue weighted by Gasteiger charge is -2.10. The second kappa shape index (κ2) is 6.59. The van der Waals surface area contributed by atoms with E-state index in [9.17, 15) is 0 Å². The van der Waals surface area contributed by atoms with E-state index < -0.39 is 0 Å². The third-order valence-corrected chi connectivity index (χ3v) is 3.55. The number of nitrogen functional groups attached to an aromatic ring is 1. The fourth-order valence-corrected chi connectivity index (χ4v) is 2.20. The standard InChI is InChI=1S/C15H16BrNO2/c1-18-15-7-6-13(17)8-12(15)10-19-9-11-4-2-3-5-14(11)16/h2-8H,9-10,17H2,1H3. The highest BCUT2D eigenvalue weighted by Gasteiger charge is 2.05. The third-order valence-electron chi connectivity index (χ3n) is 2.78. The van der Waals surface area contributed by atoms with Crippen molar-refractivity contribution < 1.29 is 9.47 Å². The third kappa shape index (κ3) is 3.72. The van der Waals surface area contributed by atoms with Crippen LogP contribution < -0.4 is 10.5 Å². The van der Waals surface area contributed by atoms with Gasteiger partial charge in [0, 0.05) is 15.7 Å². The molecule has 2 N–H and O–H groups in total. The highest BCUT2D eigenvalue weighted by atomic mass is 79.9. The van der Waals surface area contributed by atoms with Crippen LogP contribution in [0.1, 0.15) is 11.1 Å². The Balaban J connectivity index is 2.00. The highest BCUT2D eigenvalue weighted by Crippen LogP contribution is 2.23. The van der Waals surface area contributed by atoms with Gasteiger partial charge < -0.3 is 15.2 Å². The molecule has 0 aromatic heterocycles. The molecule has 0 fully saturated rings. The smallest absolute Gasteiger partial charge is 0.124 e. The average Bonchev–Trinajstić information content (AvgIpc) is 2.41. The summed E-state index contributed by atoms with van der Waals surface area (Å²) in [4.78, 5) is 0. The van der Waals surface area contributed by atoms with E-state index in [-0.39, 0.29) is 0 Å². The van der Waals surface area contributed by atoms with E-state index >= 15 is 0 Å². The molecular formula is C15H16BrNO2. The van der Waals surface area contributed by atoms with E-state index in [0.29, 0.717) is 18.9 Å². The normalized spacial score (nSPS) is 10.4. The van der Waals surface area contributed by atoms with Crippen molar-refractivity contribution in [3.05, 3.63) is 58.1 Å². The van der Waals surface area contributed by atoms with Crippen molar-refractivity contribution in [3.8, 4) is 5.75 Å². The van der Waals surface area contributed by atoms with Crippen molar-refractivity contribution >= 4 is 21.6 Å². The summed E-state index contributed by atoms with van der Waals surface area (Å²) in [6, 6.07) is 13.5. The van der Waals surface area contributed by atoms with E-state index in [1.165, 1.54) is 0 Å². The van der Waals surface area contributed by atoms with E-state index in [4.69, 9.17) is 15.2 Å². The summed E-state index contributed by atoms with van der Waals surface area (Å²) >= 11 is 3.50. The SMILES string of the molecule is COc1ccc(N)cc1COCc1ccccc1Br. The monoisotopic (exact) mass is 321 g/mol. The number of hydrogen-bond acceptors (Lipinski definition) is 3. The molecule has 100 valence electrons. The summed E-state index contributed by atoms with van der Waals surface area (Å²) in [6.45, 7) is 1.01. The molecule has 0 aliphatic carbocycles. The molecule has 0 spiro atoms. The van der Waals surface area contributed by atoms with Gasteiger partial charge in [0.25, 0.3) is 0 Å². The van der Waals surface area contributed by atoms with Crippen LogP contribution in [0.25, 0.3) is 0 Å². The number of hydrogen-bond donors (Lipinski definition) is 1. The molecule has 0 heterocycles. The molecule has 2 aromatic carbocycles. The molecular weight excluding hydrogens is 306 g/mol. The Morgan fingerprint density at radius 1 is 1.05 bits per heavy atom. The van der Waals surface area contributed by atoms with E-state index in [2.05, 4.69) is 15.9 Å². The maximum Gasteiger partial charge on any atom is 0.124 e. The zero-order valence-electron chi connectivity index (χ0n) is 10.7. The van der Waals surface area contributed by atoms with Crippen molar-refractivity contribution in [1.82, 2.24) is 0 Å². The van der Waals surface area contributed by atoms with Gasteiger partial charge in [-0.1, -0.05) is 34.1 Å². The number of methoxy groups -OCH3 is 1. The minimum Gasteiger partial charge on any atom is -0.496 e.